The molecule has 1 aromatic rings. The minimum absolute atomic E-state index is 0.0451. The minimum Gasteiger partial charge on any atom is -0.467 e. The number of methoxy groups -OCH3 is 1. The number of hydrogen-bond donors (Lipinski definition) is 1. The van der Waals surface area contributed by atoms with Crippen molar-refractivity contribution in [2.75, 3.05) is 7.11 Å². The number of carbonyl (C=O) groups excluding carboxylic acids is 2. The fourth-order valence-electron chi connectivity index (χ4n) is 1.80. The Labute approximate surface area is 132 Å². The maximum Gasteiger partial charge on any atom is 0.416 e. The molecule has 1 N–H and O–H groups in total. The molecule has 1 amide bonds. The van der Waals surface area contributed by atoms with Crippen molar-refractivity contribution in [3.8, 4) is 0 Å². The summed E-state index contributed by atoms with van der Waals surface area (Å²) in [7, 11) is 1.03. The van der Waals surface area contributed by atoms with E-state index < -0.39 is 47.0 Å². The van der Waals surface area contributed by atoms with E-state index >= 15 is 0 Å². The first-order chi connectivity index (χ1) is 10.9. The van der Waals surface area contributed by atoms with Gasteiger partial charge in [0.1, 0.15) is 6.04 Å². The van der Waals surface area contributed by atoms with Crippen LogP contribution in [0.5, 0.6) is 0 Å². The second-order valence-corrected chi connectivity index (χ2v) is 4.75. The fraction of sp³-hybridized carbons (Fsp3) is 0.429. The van der Waals surface area contributed by atoms with Gasteiger partial charge in [0.2, 0.25) is 0 Å². The van der Waals surface area contributed by atoms with Crippen molar-refractivity contribution in [1.29, 1.82) is 0 Å². The second kappa shape index (κ2) is 7.10. The van der Waals surface area contributed by atoms with Gasteiger partial charge in [0.25, 0.3) is 5.91 Å². The van der Waals surface area contributed by atoms with Gasteiger partial charge in [-0.15, -0.1) is 0 Å². The Bertz CT molecular complexity index is 592. The highest BCUT2D eigenvalue weighted by Gasteiger charge is 2.37. The number of esters is 1. The lowest BCUT2D eigenvalue weighted by Crippen LogP contribution is -2.41. The number of ether oxygens (including phenoxy) is 1. The Morgan fingerprint density at radius 1 is 1.04 bits per heavy atom. The molecule has 0 radical (unpaired) electrons. The number of alkyl halides is 6. The molecule has 0 saturated heterocycles. The van der Waals surface area contributed by atoms with Gasteiger partial charge in [-0.1, -0.05) is 6.92 Å². The van der Waals surface area contributed by atoms with Crippen molar-refractivity contribution in [2.45, 2.75) is 31.7 Å². The number of nitrogens with one attached hydrogen (secondary N) is 1. The molecule has 0 aliphatic carbocycles. The van der Waals surface area contributed by atoms with Crippen LogP contribution in [0.3, 0.4) is 0 Å². The van der Waals surface area contributed by atoms with Gasteiger partial charge in [0.15, 0.2) is 0 Å². The van der Waals surface area contributed by atoms with Gasteiger partial charge < -0.3 is 10.1 Å². The number of halogens is 6. The van der Waals surface area contributed by atoms with Crippen LogP contribution in [-0.2, 0) is 21.9 Å². The summed E-state index contributed by atoms with van der Waals surface area (Å²) in [6.45, 7) is 1.48. The molecule has 10 heteroatoms. The van der Waals surface area contributed by atoms with E-state index in [9.17, 15) is 35.9 Å². The molecule has 1 unspecified atom stereocenters. The van der Waals surface area contributed by atoms with Crippen molar-refractivity contribution in [3.63, 3.8) is 0 Å². The largest absolute Gasteiger partial charge is 0.467 e. The van der Waals surface area contributed by atoms with Gasteiger partial charge in [-0.05, 0) is 24.6 Å². The summed E-state index contributed by atoms with van der Waals surface area (Å²) in [4.78, 5) is 23.3. The van der Waals surface area contributed by atoms with Crippen LogP contribution in [0.15, 0.2) is 18.2 Å². The van der Waals surface area contributed by atoms with E-state index in [1.165, 1.54) is 6.92 Å². The number of benzene rings is 1. The minimum atomic E-state index is -5.07. The van der Waals surface area contributed by atoms with E-state index in [2.05, 4.69) is 4.74 Å². The van der Waals surface area contributed by atoms with Crippen LogP contribution < -0.4 is 5.32 Å². The number of hydrogen-bond acceptors (Lipinski definition) is 3. The Morgan fingerprint density at radius 2 is 1.50 bits per heavy atom. The van der Waals surface area contributed by atoms with Crippen molar-refractivity contribution in [2.24, 2.45) is 0 Å². The lowest BCUT2D eigenvalue weighted by Gasteiger charge is -2.17. The normalized spacial score (nSPS) is 13.3. The number of carbonyl (C=O) groups is 2. The maximum atomic E-state index is 12.7. The fourth-order valence-corrected chi connectivity index (χ4v) is 1.80. The first-order valence-corrected chi connectivity index (χ1v) is 6.58. The monoisotopic (exact) mass is 357 g/mol. The molecule has 0 spiro atoms. The molecule has 0 fully saturated rings. The lowest BCUT2D eigenvalue weighted by molar-refractivity contribution is -0.144. The third-order valence-corrected chi connectivity index (χ3v) is 3.05. The Morgan fingerprint density at radius 3 is 1.83 bits per heavy atom. The molecule has 0 saturated carbocycles. The first kappa shape index (κ1) is 19.8. The lowest BCUT2D eigenvalue weighted by atomic mass is 10.0. The topological polar surface area (TPSA) is 55.4 Å². The van der Waals surface area contributed by atoms with Crippen molar-refractivity contribution in [1.82, 2.24) is 5.32 Å². The molecule has 24 heavy (non-hydrogen) atoms. The van der Waals surface area contributed by atoms with Crippen LogP contribution in [0.25, 0.3) is 0 Å². The molecule has 1 rings (SSSR count). The maximum absolute atomic E-state index is 12.7. The zero-order valence-corrected chi connectivity index (χ0v) is 12.5. The summed E-state index contributed by atoms with van der Waals surface area (Å²) in [5, 5.41) is 2.04. The molecule has 1 atom stereocenters. The Hall–Kier alpha value is -2.26. The molecule has 134 valence electrons. The standard InChI is InChI=1S/C14H13F6NO3/c1-3-10(12(23)24-2)21-11(22)7-4-8(13(15,16)17)6-9(5-7)14(18,19)20/h4-6,10H,3H2,1-2H3,(H,21,22). The molecule has 0 aromatic heterocycles. The molecular weight excluding hydrogens is 344 g/mol. The van der Waals surface area contributed by atoms with E-state index in [0.717, 1.165) is 7.11 Å². The summed E-state index contributed by atoms with van der Waals surface area (Å²) in [6, 6.07) is -0.705. The second-order valence-electron chi connectivity index (χ2n) is 4.75. The van der Waals surface area contributed by atoms with Gasteiger partial charge in [0, 0.05) is 5.56 Å². The van der Waals surface area contributed by atoms with Gasteiger partial charge >= 0.3 is 18.3 Å². The molecule has 0 aliphatic rings. The van der Waals surface area contributed by atoms with E-state index in [1.807, 2.05) is 5.32 Å². The van der Waals surface area contributed by atoms with Crippen molar-refractivity contribution in [3.05, 3.63) is 34.9 Å². The predicted molar refractivity (Wildman–Crippen MR) is 70.0 cm³/mol. The average Bonchev–Trinajstić information content (AvgIpc) is 2.49. The summed E-state index contributed by atoms with van der Waals surface area (Å²) in [6.07, 6.45) is -10.1. The molecule has 1 aromatic carbocycles. The molecule has 4 nitrogen and oxygen atoms in total. The average molecular weight is 357 g/mol. The highest BCUT2D eigenvalue weighted by atomic mass is 19.4. The SMILES string of the molecule is CCC(NC(=O)c1cc(C(F)(F)F)cc(C(F)(F)F)c1)C(=O)OC. The third-order valence-electron chi connectivity index (χ3n) is 3.05. The highest BCUT2D eigenvalue weighted by molar-refractivity contribution is 5.97. The summed E-state index contributed by atoms with van der Waals surface area (Å²) in [5.41, 5.74) is -4.10. The van der Waals surface area contributed by atoms with Crippen LogP contribution in [0.4, 0.5) is 26.3 Å². The van der Waals surface area contributed by atoms with Gasteiger partial charge in [-0.3, -0.25) is 4.79 Å². The Balaban J connectivity index is 3.27. The highest BCUT2D eigenvalue weighted by Crippen LogP contribution is 2.36. The predicted octanol–water partition coefficient (Wildman–Crippen LogP) is 3.41. The quantitative estimate of drug-likeness (QED) is 0.664. The zero-order chi connectivity index (χ0) is 18.7. The molecule has 0 bridgehead atoms. The van der Waals surface area contributed by atoms with Crippen molar-refractivity contribution >= 4 is 11.9 Å². The summed E-state index contributed by atoms with van der Waals surface area (Å²) >= 11 is 0. The van der Waals surface area contributed by atoms with E-state index in [-0.39, 0.29) is 24.6 Å². The smallest absolute Gasteiger partial charge is 0.416 e. The van der Waals surface area contributed by atoms with Crippen LogP contribution in [0.1, 0.15) is 34.8 Å². The van der Waals surface area contributed by atoms with Gasteiger partial charge in [-0.25, -0.2) is 4.79 Å². The number of amides is 1. The van der Waals surface area contributed by atoms with E-state index in [4.69, 9.17) is 0 Å². The third kappa shape index (κ3) is 4.87. The Kier molecular flexibility index (Phi) is 5.85. The van der Waals surface area contributed by atoms with Crippen LogP contribution in [0, 0.1) is 0 Å². The first-order valence-electron chi connectivity index (χ1n) is 6.58. The van der Waals surface area contributed by atoms with Gasteiger partial charge in [0.05, 0.1) is 18.2 Å². The number of rotatable bonds is 4. The summed E-state index contributed by atoms with van der Waals surface area (Å²) in [5.74, 6) is -2.11. The molecule has 0 aliphatic heterocycles. The molecular formula is C14H13F6NO3. The van der Waals surface area contributed by atoms with Crippen LogP contribution in [0.2, 0.25) is 0 Å². The van der Waals surface area contributed by atoms with Crippen LogP contribution in [-0.4, -0.2) is 25.0 Å². The van der Waals surface area contributed by atoms with E-state index in [0.29, 0.717) is 0 Å². The zero-order valence-electron chi connectivity index (χ0n) is 12.5. The van der Waals surface area contributed by atoms with Gasteiger partial charge in [-0.2, -0.15) is 26.3 Å². The molecule has 0 heterocycles. The van der Waals surface area contributed by atoms with Crippen LogP contribution >= 0.6 is 0 Å². The summed E-state index contributed by atoms with van der Waals surface area (Å²) < 4.78 is 80.8. The van der Waals surface area contributed by atoms with E-state index in [1.54, 1.807) is 0 Å². The van der Waals surface area contributed by atoms with Crippen molar-refractivity contribution < 1.29 is 40.7 Å².